The Hall–Kier alpha value is -4.08. The second kappa shape index (κ2) is 11.0. The van der Waals surface area contributed by atoms with Crippen molar-refractivity contribution in [3.8, 4) is 17.2 Å². The van der Waals surface area contributed by atoms with Crippen molar-refractivity contribution in [2.45, 2.75) is 45.6 Å². The van der Waals surface area contributed by atoms with Gasteiger partial charge in [0.15, 0.2) is 23.1 Å². The van der Waals surface area contributed by atoms with Gasteiger partial charge in [-0.3, -0.25) is 0 Å². The van der Waals surface area contributed by atoms with Gasteiger partial charge in [0.25, 0.3) is 0 Å². The Morgan fingerprint density at radius 1 is 1.08 bits per heavy atom. The number of hydrogen-bond acceptors (Lipinski definition) is 8. The molecule has 9 nitrogen and oxygen atoms in total. The molecule has 39 heavy (non-hydrogen) atoms. The van der Waals surface area contributed by atoms with E-state index < -0.39 is 17.4 Å². The predicted molar refractivity (Wildman–Crippen MR) is 145 cm³/mol. The van der Waals surface area contributed by atoms with Crippen LogP contribution in [0, 0.1) is 23.6 Å². The molecule has 206 valence electrons. The molecule has 0 radical (unpaired) electrons. The highest BCUT2D eigenvalue weighted by atomic mass is 19.1. The van der Waals surface area contributed by atoms with Gasteiger partial charge in [0.2, 0.25) is 11.5 Å². The van der Waals surface area contributed by atoms with Crippen molar-refractivity contribution in [3.05, 3.63) is 54.5 Å². The maximum absolute atomic E-state index is 14.5. The van der Waals surface area contributed by atoms with Gasteiger partial charge in [0.05, 0.1) is 6.20 Å². The number of aliphatic carboxylic acids is 1. The lowest BCUT2D eigenvalue weighted by Crippen LogP contribution is -2.56. The minimum atomic E-state index is -1.27. The van der Waals surface area contributed by atoms with E-state index in [1.807, 2.05) is 13.8 Å². The Labute approximate surface area is 226 Å². The van der Waals surface area contributed by atoms with Gasteiger partial charge in [-0.25, -0.2) is 14.2 Å². The third-order valence-electron chi connectivity index (χ3n) is 7.35. The molecule has 2 heterocycles. The normalized spacial score (nSPS) is 22.3. The van der Waals surface area contributed by atoms with Gasteiger partial charge < -0.3 is 30.0 Å². The Morgan fingerprint density at radius 2 is 1.79 bits per heavy atom. The molecule has 5 rings (SSSR count). The first kappa shape index (κ1) is 26.5. The monoisotopic (exact) mass is 536 g/mol. The van der Waals surface area contributed by atoms with Crippen molar-refractivity contribution in [1.82, 2.24) is 9.97 Å². The van der Waals surface area contributed by atoms with Crippen molar-refractivity contribution in [2.24, 2.45) is 17.8 Å². The van der Waals surface area contributed by atoms with Crippen LogP contribution in [0.25, 0.3) is 0 Å². The zero-order valence-corrected chi connectivity index (χ0v) is 22.2. The van der Waals surface area contributed by atoms with E-state index in [-0.39, 0.29) is 29.5 Å². The van der Waals surface area contributed by atoms with Crippen molar-refractivity contribution in [3.63, 3.8) is 0 Å². The standard InChI is InChI=1S/C29H33FN4O5/c1-17(2)22-10-4-18(3)15-29(22,27(35)36)39-21-8-5-19(6-9-21)33-28-31-16-23(30)26(34-28)32-20-7-11-24-25(14-20)38-13-12-37-24/h5-9,11,14,16-18,22H,4,10,12-13,15H2,1-3H3,(H,35,36)(H2,31,32,33,34). The molecule has 0 saturated heterocycles. The highest BCUT2D eigenvalue weighted by molar-refractivity contribution is 5.79. The van der Waals surface area contributed by atoms with Crippen LogP contribution < -0.4 is 24.8 Å². The van der Waals surface area contributed by atoms with Gasteiger partial charge in [-0.2, -0.15) is 4.98 Å². The summed E-state index contributed by atoms with van der Waals surface area (Å²) in [7, 11) is 0. The smallest absolute Gasteiger partial charge is 0.348 e. The largest absolute Gasteiger partial charge is 0.486 e. The molecule has 10 heteroatoms. The molecule has 0 amide bonds. The van der Waals surface area contributed by atoms with E-state index in [0.717, 1.165) is 19.0 Å². The summed E-state index contributed by atoms with van der Waals surface area (Å²) in [6.07, 6.45) is 3.36. The molecule has 1 aliphatic carbocycles. The van der Waals surface area contributed by atoms with E-state index in [0.29, 0.717) is 48.3 Å². The molecule has 2 aliphatic rings. The van der Waals surface area contributed by atoms with Crippen LogP contribution in [0.15, 0.2) is 48.7 Å². The highest BCUT2D eigenvalue weighted by Crippen LogP contribution is 2.44. The fourth-order valence-electron chi connectivity index (χ4n) is 5.47. The molecule has 0 spiro atoms. The summed E-state index contributed by atoms with van der Waals surface area (Å²) in [5.41, 5.74) is -0.0376. The average molecular weight is 537 g/mol. The molecule has 3 atom stereocenters. The van der Waals surface area contributed by atoms with Gasteiger partial charge in [-0.05, 0) is 54.7 Å². The van der Waals surface area contributed by atoms with Crippen LogP contribution in [0.2, 0.25) is 0 Å². The Balaban J connectivity index is 1.30. The minimum absolute atomic E-state index is 0.00123. The van der Waals surface area contributed by atoms with E-state index in [2.05, 4.69) is 27.5 Å². The van der Waals surface area contributed by atoms with Crippen molar-refractivity contribution in [2.75, 3.05) is 23.8 Å². The number of benzene rings is 2. The fraction of sp³-hybridized carbons (Fsp3) is 0.414. The molecule has 3 unspecified atom stereocenters. The third kappa shape index (κ3) is 5.69. The number of nitrogens with zero attached hydrogens (tertiary/aromatic N) is 2. The number of halogens is 1. The Kier molecular flexibility index (Phi) is 7.45. The second-order valence-electron chi connectivity index (χ2n) is 10.6. The fourth-order valence-corrected chi connectivity index (χ4v) is 5.47. The Morgan fingerprint density at radius 3 is 2.51 bits per heavy atom. The van der Waals surface area contributed by atoms with E-state index in [1.54, 1.807) is 42.5 Å². The summed E-state index contributed by atoms with van der Waals surface area (Å²) < 4.78 is 31.9. The summed E-state index contributed by atoms with van der Waals surface area (Å²) >= 11 is 0. The average Bonchev–Trinajstić information content (AvgIpc) is 2.91. The molecule has 1 aromatic heterocycles. The number of rotatable bonds is 8. The summed E-state index contributed by atoms with van der Waals surface area (Å²) in [6, 6.07) is 12.2. The second-order valence-corrected chi connectivity index (χ2v) is 10.6. The van der Waals surface area contributed by atoms with Crippen LogP contribution >= 0.6 is 0 Å². The number of ether oxygens (including phenoxy) is 3. The maximum Gasteiger partial charge on any atom is 0.348 e. The SMILES string of the molecule is CC1CCC(C(C)C)C(Oc2ccc(Nc3ncc(F)c(Nc4ccc5c(c4)OCCO5)n3)cc2)(C(=O)O)C1. The number of carboxylic acids is 1. The molecule has 3 aromatic rings. The minimum Gasteiger partial charge on any atom is -0.486 e. The third-order valence-corrected chi connectivity index (χ3v) is 7.35. The van der Waals surface area contributed by atoms with Crippen LogP contribution in [0.1, 0.15) is 40.0 Å². The molecule has 0 bridgehead atoms. The van der Waals surface area contributed by atoms with Gasteiger partial charge >= 0.3 is 5.97 Å². The first-order chi connectivity index (χ1) is 18.7. The number of anilines is 4. The van der Waals surface area contributed by atoms with E-state index in [9.17, 15) is 14.3 Å². The lowest BCUT2D eigenvalue weighted by Gasteiger charge is -2.44. The van der Waals surface area contributed by atoms with Crippen LogP contribution in [0.4, 0.5) is 27.5 Å². The number of hydrogen-bond donors (Lipinski definition) is 3. The van der Waals surface area contributed by atoms with Gasteiger partial charge in [0, 0.05) is 29.8 Å². The van der Waals surface area contributed by atoms with E-state index in [1.165, 1.54) is 0 Å². The number of fused-ring (bicyclic) bond motifs is 1. The maximum atomic E-state index is 14.5. The van der Waals surface area contributed by atoms with Crippen molar-refractivity contribution >= 4 is 29.1 Å². The molecule has 1 saturated carbocycles. The summed E-state index contributed by atoms with van der Waals surface area (Å²) in [5, 5.41) is 16.3. The number of carboxylic acid groups (broad SMARTS) is 1. The zero-order chi connectivity index (χ0) is 27.6. The quantitative estimate of drug-likeness (QED) is 0.311. The Bertz CT molecular complexity index is 1340. The first-order valence-corrected chi connectivity index (χ1v) is 13.2. The predicted octanol–water partition coefficient (Wildman–Crippen LogP) is 6.17. The summed E-state index contributed by atoms with van der Waals surface area (Å²) in [6.45, 7) is 7.11. The topological polar surface area (TPSA) is 115 Å². The van der Waals surface area contributed by atoms with Crippen LogP contribution in [0.3, 0.4) is 0 Å². The van der Waals surface area contributed by atoms with Crippen LogP contribution in [-0.2, 0) is 4.79 Å². The molecule has 1 aliphatic heterocycles. The highest BCUT2D eigenvalue weighted by Gasteiger charge is 2.52. The molecule has 2 aromatic carbocycles. The summed E-state index contributed by atoms with van der Waals surface area (Å²) in [5.74, 6) is 0.692. The lowest BCUT2D eigenvalue weighted by molar-refractivity contribution is -0.169. The number of aromatic nitrogens is 2. The lowest BCUT2D eigenvalue weighted by atomic mass is 9.67. The molecular formula is C29H33FN4O5. The molecule has 3 N–H and O–H groups in total. The van der Waals surface area contributed by atoms with Gasteiger partial charge in [-0.15, -0.1) is 0 Å². The van der Waals surface area contributed by atoms with Crippen LogP contribution in [-0.4, -0.2) is 39.9 Å². The van der Waals surface area contributed by atoms with Crippen molar-refractivity contribution in [1.29, 1.82) is 0 Å². The van der Waals surface area contributed by atoms with Crippen molar-refractivity contribution < 1.29 is 28.5 Å². The van der Waals surface area contributed by atoms with Gasteiger partial charge in [-0.1, -0.05) is 27.2 Å². The van der Waals surface area contributed by atoms with E-state index >= 15 is 0 Å². The molecular weight excluding hydrogens is 503 g/mol. The number of carbonyl (C=O) groups is 1. The van der Waals surface area contributed by atoms with E-state index in [4.69, 9.17) is 14.2 Å². The zero-order valence-electron chi connectivity index (χ0n) is 22.2. The van der Waals surface area contributed by atoms with Gasteiger partial charge in [0.1, 0.15) is 19.0 Å². The number of nitrogens with one attached hydrogen (secondary N) is 2. The van der Waals surface area contributed by atoms with Crippen LogP contribution in [0.5, 0.6) is 17.2 Å². The summed E-state index contributed by atoms with van der Waals surface area (Å²) in [4.78, 5) is 20.8. The first-order valence-electron chi connectivity index (χ1n) is 13.2. The molecule has 1 fully saturated rings.